The number of hydrazine groups is 1. The number of carbonyl (C=O) groups excluding carboxylic acids is 1. The minimum absolute atomic E-state index is 0.0102. The van der Waals surface area contributed by atoms with E-state index in [0.717, 1.165) is 32.5 Å². The van der Waals surface area contributed by atoms with E-state index in [1.54, 1.807) is 4.57 Å². The molecule has 0 bridgehead atoms. The van der Waals surface area contributed by atoms with Crippen LogP contribution in [0.25, 0.3) is 0 Å². The predicted molar refractivity (Wildman–Crippen MR) is 101 cm³/mol. The first-order chi connectivity index (χ1) is 13.1. The molecule has 144 valence electrons. The lowest BCUT2D eigenvalue weighted by Crippen LogP contribution is -2.49. The second-order valence-corrected chi connectivity index (χ2v) is 7.39. The number of carbonyl (C=O) groups is 1. The summed E-state index contributed by atoms with van der Waals surface area (Å²) in [4.78, 5) is 27.2. The minimum atomic E-state index is -0.212. The monoisotopic (exact) mass is 370 g/mol. The highest BCUT2D eigenvalue weighted by atomic mass is 16.2. The fourth-order valence-corrected chi connectivity index (χ4v) is 4.00. The van der Waals surface area contributed by atoms with Gasteiger partial charge in [-0.15, -0.1) is 0 Å². The highest BCUT2D eigenvalue weighted by Gasteiger charge is 2.34. The van der Waals surface area contributed by atoms with Crippen molar-refractivity contribution in [3.8, 4) is 0 Å². The molecule has 2 saturated heterocycles. The third-order valence-corrected chi connectivity index (χ3v) is 5.60. The smallest absolute Gasteiger partial charge is 0.341 e. The van der Waals surface area contributed by atoms with Crippen molar-refractivity contribution in [2.75, 3.05) is 19.6 Å². The maximum absolute atomic E-state index is 12.7. The van der Waals surface area contributed by atoms with Gasteiger partial charge in [0.2, 0.25) is 5.91 Å². The Kier molecular flexibility index (Phi) is 5.09. The van der Waals surface area contributed by atoms with Gasteiger partial charge in [-0.25, -0.2) is 9.48 Å². The molecule has 4 rings (SSSR count). The topological polar surface area (TPSA) is 84.2 Å². The van der Waals surface area contributed by atoms with Crippen LogP contribution in [-0.2, 0) is 24.3 Å². The summed E-state index contributed by atoms with van der Waals surface area (Å²) in [6.07, 6.45) is 1.69. The third-order valence-electron chi connectivity index (χ3n) is 5.60. The standard InChI is InChI=1S/C19H26N6O2/c1-14-22-25(19(27)24(14)10-7-15-5-3-2-4-6-15)13-18(26)23-9-8-17-16(12-23)11-20-21-17/h2-6,16-17,20-21H,7-13H2,1H3. The van der Waals surface area contributed by atoms with E-state index in [2.05, 4.69) is 16.0 Å². The molecule has 2 aliphatic heterocycles. The van der Waals surface area contributed by atoms with Gasteiger partial charge in [-0.3, -0.25) is 20.2 Å². The highest BCUT2D eigenvalue weighted by molar-refractivity contribution is 5.76. The van der Waals surface area contributed by atoms with Gasteiger partial charge in [-0.05, 0) is 25.3 Å². The van der Waals surface area contributed by atoms with Gasteiger partial charge in [0.25, 0.3) is 0 Å². The summed E-state index contributed by atoms with van der Waals surface area (Å²) >= 11 is 0. The number of aryl methyl sites for hydroxylation is 2. The maximum Gasteiger partial charge on any atom is 0.346 e. The Balaban J connectivity index is 1.40. The third kappa shape index (κ3) is 3.81. The summed E-state index contributed by atoms with van der Waals surface area (Å²) in [6.45, 7) is 4.71. The van der Waals surface area contributed by atoms with E-state index in [9.17, 15) is 9.59 Å². The van der Waals surface area contributed by atoms with Gasteiger partial charge < -0.3 is 4.90 Å². The summed E-state index contributed by atoms with van der Waals surface area (Å²) < 4.78 is 2.96. The Morgan fingerprint density at radius 2 is 2.11 bits per heavy atom. The first-order valence-corrected chi connectivity index (χ1v) is 9.56. The largest absolute Gasteiger partial charge is 0.346 e. The van der Waals surface area contributed by atoms with Crippen LogP contribution in [-0.4, -0.2) is 50.8 Å². The van der Waals surface area contributed by atoms with E-state index < -0.39 is 0 Å². The highest BCUT2D eigenvalue weighted by Crippen LogP contribution is 2.19. The normalized spacial score (nSPS) is 22.0. The lowest BCUT2D eigenvalue weighted by Gasteiger charge is -2.34. The number of nitrogens with one attached hydrogen (secondary N) is 2. The van der Waals surface area contributed by atoms with Crippen LogP contribution in [0.1, 0.15) is 17.8 Å². The number of fused-ring (bicyclic) bond motifs is 1. The van der Waals surface area contributed by atoms with Crippen molar-refractivity contribution in [3.05, 3.63) is 52.2 Å². The Hall–Kier alpha value is -2.45. The second kappa shape index (κ2) is 7.66. The molecule has 1 amide bonds. The molecule has 27 heavy (non-hydrogen) atoms. The number of aromatic nitrogens is 3. The SMILES string of the molecule is Cc1nn(CC(=O)N2CCC3NNCC3C2)c(=O)n1CCc1ccccc1. The first kappa shape index (κ1) is 17.9. The van der Waals surface area contributed by atoms with Gasteiger partial charge in [0, 0.05) is 38.1 Å². The lowest BCUT2D eigenvalue weighted by molar-refractivity contribution is -0.133. The van der Waals surface area contributed by atoms with Crippen LogP contribution in [0.15, 0.2) is 35.1 Å². The van der Waals surface area contributed by atoms with Crippen LogP contribution in [0.4, 0.5) is 0 Å². The molecule has 2 fully saturated rings. The Morgan fingerprint density at radius 3 is 2.93 bits per heavy atom. The fraction of sp³-hybridized carbons (Fsp3) is 0.526. The Bertz CT molecular complexity index is 859. The van der Waals surface area contributed by atoms with E-state index in [-0.39, 0.29) is 18.1 Å². The van der Waals surface area contributed by atoms with Crippen LogP contribution in [0.2, 0.25) is 0 Å². The molecule has 8 nitrogen and oxygen atoms in total. The number of hydrogen-bond donors (Lipinski definition) is 2. The molecule has 0 saturated carbocycles. The van der Waals surface area contributed by atoms with Crippen molar-refractivity contribution in [3.63, 3.8) is 0 Å². The van der Waals surface area contributed by atoms with Gasteiger partial charge in [0.15, 0.2) is 0 Å². The van der Waals surface area contributed by atoms with Crippen LogP contribution in [0.3, 0.4) is 0 Å². The molecular weight excluding hydrogens is 344 g/mol. The average Bonchev–Trinajstić information content (AvgIpc) is 3.25. The van der Waals surface area contributed by atoms with Gasteiger partial charge in [0.1, 0.15) is 12.4 Å². The number of benzene rings is 1. The van der Waals surface area contributed by atoms with E-state index in [1.807, 2.05) is 42.2 Å². The molecule has 2 aromatic rings. The van der Waals surface area contributed by atoms with E-state index >= 15 is 0 Å². The van der Waals surface area contributed by atoms with Crippen LogP contribution in [0.5, 0.6) is 0 Å². The van der Waals surface area contributed by atoms with Crippen molar-refractivity contribution in [2.24, 2.45) is 5.92 Å². The number of likely N-dealkylation sites (tertiary alicyclic amines) is 1. The average molecular weight is 370 g/mol. The summed E-state index contributed by atoms with van der Waals surface area (Å²) in [5.74, 6) is 1.05. The van der Waals surface area contributed by atoms with E-state index in [0.29, 0.717) is 24.3 Å². The maximum atomic E-state index is 12.7. The molecule has 0 spiro atoms. The van der Waals surface area contributed by atoms with E-state index in [4.69, 9.17) is 0 Å². The number of amides is 1. The first-order valence-electron chi connectivity index (χ1n) is 9.56. The molecule has 2 N–H and O–H groups in total. The lowest BCUT2D eigenvalue weighted by atomic mass is 9.94. The van der Waals surface area contributed by atoms with Gasteiger partial charge >= 0.3 is 5.69 Å². The van der Waals surface area contributed by atoms with Crippen molar-refractivity contribution < 1.29 is 4.79 Å². The van der Waals surface area contributed by atoms with Crippen LogP contribution < -0.4 is 16.5 Å². The summed E-state index contributed by atoms with van der Waals surface area (Å²) in [5.41, 5.74) is 7.38. The Labute approximate surface area is 158 Å². The molecule has 8 heteroatoms. The molecule has 0 aliphatic carbocycles. The fourth-order valence-electron chi connectivity index (χ4n) is 4.00. The number of hydrogen-bond acceptors (Lipinski definition) is 5. The number of nitrogens with zero attached hydrogens (tertiary/aromatic N) is 4. The molecular formula is C19H26N6O2. The summed E-state index contributed by atoms with van der Waals surface area (Å²) in [5, 5.41) is 4.32. The number of piperidine rings is 1. The molecule has 3 heterocycles. The summed E-state index contributed by atoms with van der Waals surface area (Å²) in [6, 6.07) is 10.5. The molecule has 2 unspecified atom stereocenters. The summed E-state index contributed by atoms with van der Waals surface area (Å²) in [7, 11) is 0. The minimum Gasteiger partial charge on any atom is -0.341 e. The second-order valence-electron chi connectivity index (χ2n) is 7.39. The van der Waals surface area contributed by atoms with Crippen molar-refractivity contribution >= 4 is 5.91 Å². The van der Waals surface area contributed by atoms with Gasteiger partial charge in [0.05, 0.1) is 0 Å². The zero-order valence-corrected chi connectivity index (χ0v) is 15.6. The van der Waals surface area contributed by atoms with Crippen molar-refractivity contribution in [1.82, 2.24) is 30.1 Å². The molecule has 2 atom stereocenters. The van der Waals surface area contributed by atoms with E-state index in [1.165, 1.54) is 10.2 Å². The van der Waals surface area contributed by atoms with Gasteiger partial charge in [-0.1, -0.05) is 30.3 Å². The zero-order chi connectivity index (χ0) is 18.8. The quantitative estimate of drug-likeness (QED) is 0.769. The number of rotatable bonds is 5. The zero-order valence-electron chi connectivity index (χ0n) is 15.6. The molecule has 0 radical (unpaired) electrons. The molecule has 1 aromatic carbocycles. The predicted octanol–water partition coefficient (Wildman–Crippen LogP) is -0.0792. The molecule has 2 aliphatic rings. The van der Waals surface area contributed by atoms with Crippen LogP contribution in [0, 0.1) is 12.8 Å². The van der Waals surface area contributed by atoms with Gasteiger partial charge in [-0.2, -0.15) is 5.10 Å². The van der Waals surface area contributed by atoms with Crippen LogP contribution >= 0.6 is 0 Å². The van der Waals surface area contributed by atoms with Crippen molar-refractivity contribution in [1.29, 1.82) is 0 Å². The molecule has 1 aromatic heterocycles. The Morgan fingerprint density at radius 1 is 1.30 bits per heavy atom. The van der Waals surface area contributed by atoms with Crippen molar-refractivity contribution in [2.45, 2.75) is 38.9 Å².